The Balaban J connectivity index is 1.70. The predicted octanol–water partition coefficient (Wildman–Crippen LogP) is 5.64. The number of para-hydroxylation sites is 1. The summed E-state index contributed by atoms with van der Waals surface area (Å²) < 4.78 is 50.4. The molecule has 0 bridgehead atoms. The van der Waals surface area contributed by atoms with E-state index in [1.165, 1.54) is 18.2 Å². The van der Waals surface area contributed by atoms with Gasteiger partial charge in [0.1, 0.15) is 11.5 Å². The molecule has 0 aromatic heterocycles. The molecule has 1 aliphatic carbocycles. The Morgan fingerprint density at radius 3 is 2.59 bits per heavy atom. The third kappa shape index (κ3) is 6.29. The molecule has 0 saturated carbocycles. The minimum atomic E-state index is -4.53. The van der Waals surface area contributed by atoms with Crippen LogP contribution in [0.2, 0.25) is 0 Å². The van der Waals surface area contributed by atoms with Gasteiger partial charge in [0.05, 0.1) is 17.7 Å². The second-order valence-corrected chi connectivity index (χ2v) is 7.79. The lowest BCUT2D eigenvalue weighted by atomic mass is 10.0. The Hall–Kier alpha value is -3.52. The highest BCUT2D eigenvalue weighted by molar-refractivity contribution is 5.97. The number of benzene rings is 2. The van der Waals surface area contributed by atoms with Gasteiger partial charge < -0.3 is 20.5 Å². The molecule has 0 radical (unpaired) electrons. The van der Waals surface area contributed by atoms with E-state index in [0.29, 0.717) is 29.9 Å². The van der Waals surface area contributed by atoms with E-state index < -0.39 is 11.7 Å². The third-order valence-corrected chi connectivity index (χ3v) is 5.40. The number of methoxy groups -OCH3 is 1. The lowest BCUT2D eigenvalue weighted by molar-refractivity contribution is -0.138. The first-order valence-electron chi connectivity index (χ1n) is 10.8. The molecule has 34 heavy (non-hydrogen) atoms. The molecule has 0 fully saturated rings. The van der Waals surface area contributed by atoms with Crippen molar-refractivity contribution in [1.29, 1.82) is 0 Å². The number of nitrogens with one attached hydrogen (secondary N) is 1. The number of nitrogens with two attached hydrogens (primary N) is 1. The van der Waals surface area contributed by atoms with Crippen molar-refractivity contribution in [2.24, 2.45) is 5.73 Å². The van der Waals surface area contributed by atoms with Crippen LogP contribution in [0.1, 0.15) is 30.9 Å². The van der Waals surface area contributed by atoms with Gasteiger partial charge >= 0.3 is 6.18 Å². The SMILES string of the molecule is CCC1=C(COC)C=CC(C(=O)NCc2cccc(Oc3ccccc3C(F)(F)F)c2)=C(N)C1. The Bertz CT molecular complexity index is 1130. The summed E-state index contributed by atoms with van der Waals surface area (Å²) in [5.41, 5.74) is 8.98. The average Bonchev–Trinajstić information content (AvgIpc) is 2.96. The van der Waals surface area contributed by atoms with Crippen molar-refractivity contribution in [2.45, 2.75) is 32.5 Å². The monoisotopic (exact) mass is 472 g/mol. The van der Waals surface area contributed by atoms with Gasteiger partial charge in [0.25, 0.3) is 5.91 Å². The smallest absolute Gasteiger partial charge is 0.419 e. The summed E-state index contributed by atoms with van der Waals surface area (Å²) >= 11 is 0. The van der Waals surface area contributed by atoms with Gasteiger partial charge in [0, 0.05) is 25.8 Å². The molecule has 3 N–H and O–H groups in total. The van der Waals surface area contributed by atoms with Crippen molar-refractivity contribution < 1.29 is 27.4 Å². The summed E-state index contributed by atoms with van der Waals surface area (Å²) in [4.78, 5) is 12.8. The highest BCUT2D eigenvalue weighted by Crippen LogP contribution is 2.38. The fourth-order valence-corrected chi connectivity index (χ4v) is 3.64. The topological polar surface area (TPSA) is 73.6 Å². The Labute approximate surface area is 196 Å². The third-order valence-electron chi connectivity index (χ3n) is 5.40. The van der Waals surface area contributed by atoms with Crippen molar-refractivity contribution in [2.75, 3.05) is 13.7 Å². The number of hydrogen-bond donors (Lipinski definition) is 2. The van der Waals surface area contributed by atoms with Gasteiger partial charge in [-0.15, -0.1) is 0 Å². The van der Waals surface area contributed by atoms with Crippen LogP contribution in [0.4, 0.5) is 13.2 Å². The maximum Gasteiger partial charge on any atom is 0.419 e. The molecular formula is C26H27F3N2O3. The Morgan fingerprint density at radius 2 is 1.88 bits per heavy atom. The van der Waals surface area contributed by atoms with E-state index in [1.54, 1.807) is 37.5 Å². The minimum Gasteiger partial charge on any atom is -0.457 e. The van der Waals surface area contributed by atoms with Crippen molar-refractivity contribution in [3.63, 3.8) is 0 Å². The zero-order chi connectivity index (χ0) is 24.7. The van der Waals surface area contributed by atoms with Gasteiger partial charge in [-0.25, -0.2) is 0 Å². The number of allylic oxidation sites excluding steroid dienone is 1. The first kappa shape index (κ1) is 25.1. The predicted molar refractivity (Wildman–Crippen MR) is 124 cm³/mol. The molecule has 5 nitrogen and oxygen atoms in total. The molecule has 0 saturated heterocycles. The second kappa shape index (κ2) is 11.1. The summed E-state index contributed by atoms with van der Waals surface area (Å²) in [6.07, 6.45) is 0.284. The molecule has 1 amide bonds. The molecule has 0 spiro atoms. The van der Waals surface area contributed by atoms with Crippen LogP contribution >= 0.6 is 0 Å². The fraction of sp³-hybridized carbons (Fsp3) is 0.269. The quantitative estimate of drug-likeness (QED) is 0.522. The summed E-state index contributed by atoms with van der Waals surface area (Å²) in [6.45, 7) is 2.62. The number of alkyl halides is 3. The van der Waals surface area contributed by atoms with Crippen molar-refractivity contribution >= 4 is 5.91 Å². The summed E-state index contributed by atoms with van der Waals surface area (Å²) in [5, 5.41) is 2.82. The first-order chi connectivity index (χ1) is 16.2. The van der Waals surface area contributed by atoms with Crippen LogP contribution in [0, 0.1) is 0 Å². The minimum absolute atomic E-state index is 0.153. The van der Waals surface area contributed by atoms with Gasteiger partial charge in [-0.05, 0) is 47.9 Å². The number of hydrogen-bond acceptors (Lipinski definition) is 4. The maximum atomic E-state index is 13.2. The number of ether oxygens (including phenoxy) is 2. The van der Waals surface area contributed by atoms with Crippen LogP contribution < -0.4 is 15.8 Å². The molecule has 0 atom stereocenters. The van der Waals surface area contributed by atoms with Crippen molar-refractivity contribution in [3.8, 4) is 11.5 Å². The van der Waals surface area contributed by atoms with Crippen molar-refractivity contribution in [3.05, 3.63) is 94.2 Å². The lowest BCUT2D eigenvalue weighted by Gasteiger charge is -2.14. The van der Waals surface area contributed by atoms with E-state index in [4.69, 9.17) is 15.2 Å². The Kier molecular flexibility index (Phi) is 8.17. The first-order valence-corrected chi connectivity index (χ1v) is 10.8. The molecule has 2 aromatic carbocycles. The van der Waals surface area contributed by atoms with Gasteiger partial charge in [-0.1, -0.05) is 42.8 Å². The normalized spacial score (nSPS) is 14.3. The summed E-state index contributed by atoms with van der Waals surface area (Å²) in [6, 6.07) is 11.6. The second-order valence-electron chi connectivity index (χ2n) is 7.79. The summed E-state index contributed by atoms with van der Waals surface area (Å²) in [7, 11) is 1.61. The highest BCUT2D eigenvalue weighted by Gasteiger charge is 2.34. The molecular weight excluding hydrogens is 445 g/mol. The molecule has 0 heterocycles. The van der Waals surface area contributed by atoms with E-state index in [1.807, 2.05) is 13.0 Å². The van der Waals surface area contributed by atoms with Gasteiger partial charge in [0.15, 0.2) is 0 Å². The van der Waals surface area contributed by atoms with Crippen LogP contribution in [0.25, 0.3) is 0 Å². The summed E-state index contributed by atoms with van der Waals surface area (Å²) in [5.74, 6) is -0.391. The van der Waals surface area contributed by atoms with Crippen LogP contribution in [-0.2, 0) is 22.3 Å². The molecule has 2 aromatic rings. The van der Waals surface area contributed by atoms with Gasteiger partial charge in [-0.3, -0.25) is 4.79 Å². The molecule has 180 valence electrons. The molecule has 3 rings (SSSR count). The Morgan fingerprint density at radius 1 is 1.12 bits per heavy atom. The largest absolute Gasteiger partial charge is 0.457 e. The standard InChI is InChI=1S/C26H27F3N2O3/c1-3-18-14-23(30)21(12-11-19(18)16-33-2)25(32)31-15-17-7-6-8-20(13-17)34-24-10-5-4-9-22(24)26(27,28)29/h4-13H,3,14-16,30H2,1-2H3,(H,31,32). The lowest BCUT2D eigenvalue weighted by Crippen LogP contribution is -2.26. The van der Waals surface area contributed by atoms with Gasteiger partial charge in [0.2, 0.25) is 0 Å². The molecule has 0 aliphatic heterocycles. The number of amides is 1. The van der Waals surface area contributed by atoms with E-state index in [-0.39, 0.29) is 24.0 Å². The zero-order valence-electron chi connectivity index (χ0n) is 19.0. The van der Waals surface area contributed by atoms with E-state index in [9.17, 15) is 18.0 Å². The van der Waals surface area contributed by atoms with Crippen molar-refractivity contribution in [1.82, 2.24) is 5.32 Å². The fourth-order valence-electron chi connectivity index (χ4n) is 3.64. The van der Waals surface area contributed by atoms with E-state index >= 15 is 0 Å². The van der Waals surface area contributed by atoms with E-state index in [2.05, 4.69) is 5.32 Å². The average molecular weight is 473 g/mol. The van der Waals surface area contributed by atoms with E-state index in [0.717, 1.165) is 23.6 Å². The highest BCUT2D eigenvalue weighted by atomic mass is 19.4. The molecule has 0 unspecified atom stereocenters. The van der Waals surface area contributed by atoms with Crippen LogP contribution in [0.5, 0.6) is 11.5 Å². The number of carbonyl (C=O) groups excluding carboxylic acids is 1. The molecule has 1 aliphatic rings. The van der Waals surface area contributed by atoms with Crippen LogP contribution in [0.3, 0.4) is 0 Å². The number of rotatable bonds is 8. The zero-order valence-corrected chi connectivity index (χ0v) is 19.0. The van der Waals surface area contributed by atoms with Crippen LogP contribution in [0.15, 0.2) is 83.1 Å². The van der Waals surface area contributed by atoms with Gasteiger partial charge in [-0.2, -0.15) is 13.2 Å². The van der Waals surface area contributed by atoms with Crippen LogP contribution in [-0.4, -0.2) is 19.6 Å². The number of halogens is 3. The molecule has 8 heteroatoms. The number of carbonyl (C=O) groups is 1. The maximum absolute atomic E-state index is 13.2.